The molecule has 4 aromatic rings. The van der Waals surface area contributed by atoms with Gasteiger partial charge in [-0.25, -0.2) is 9.50 Å². The molecule has 0 aliphatic heterocycles. The quantitative estimate of drug-likeness (QED) is 0.613. The monoisotopic (exact) mass is 315 g/mol. The number of benzene rings is 1. The first-order chi connectivity index (χ1) is 11.9. The summed E-state index contributed by atoms with van der Waals surface area (Å²) in [7, 11) is 0. The van der Waals surface area contributed by atoms with Crippen LogP contribution in [0.4, 0.5) is 5.82 Å². The van der Waals surface area contributed by atoms with Gasteiger partial charge in [0.05, 0.1) is 5.69 Å². The molecule has 118 valence electrons. The van der Waals surface area contributed by atoms with Gasteiger partial charge in [0.2, 0.25) is 0 Å². The molecule has 24 heavy (non-hydrogen) atoms. The first-order valence-corrected chi connectivity index (χ1v) is 7.94. The second kappa shape index (κ2) is 6.50. The normalized spacial score (nSPS) is 10.8. The smallest absolute Gasteiger partial charge is 0.157 e. The Labute approximate surface area is 140 Å². The van der Waals surface area contributed by atoms with Crippen molar-refractivity contribution in [1.82, 2.24) is 19.6 Å². The molecule has 0 bridgehead atoms. The van der Waals surface area contributed by atoms with Gasteiger partial charge in [0.15, 0.2) is 5.65 Å². The van der Waals surface area contributed by atoms with Crippen molar-refractivity contribution < 1.29 is 0 Å². The van der Waals surface area contributed by atoms with Crippen LogP contribution in [0.25, 0.3) is 16.9 Å². The van der Waals surface area contributed by atoms with Crippen molar-refractivity contribution in [2.75, 3.05) is 11.9 Å². The third-order valence-corrected chi connectivity index (χ3v) is 3.81. The van der Waals surface area contributed by atoms with E-state index in [1.54, 1.807) is 4.52 Å². The SMILES string of the molecule is c1ccc(-c2cc3nc(NCCc4ccccn4)ccn3n2)cc1. The highest BCUT2D eigenvalue weighted by atomic mass is 15.3. The number of fused-ring (bicyclic) bond motifs is 1. The third-order valence-electron chi connectivity index (χ3n) is 3.81. The molecule has 0 fully saturated rings. The van der Waals surface area contributed by atoms with E-state index >= 15 is 0 Å². The number of rotatable bonds is 5. The number of aromatic nitrogens is 4. The Kier molecular flexibility index (Phi) is 3.90. The first kappa shape index (κ1) is 14.4. The molecular formula is C19H17N5. The molecule has 1 aromatic carbocycles. The van der Waals surface area contributed by atoms with Crippen LogP contribution in [0, 0.1) is 0 Å². The Morgan fingerprint density at radius 3 is 2.67 bits per heavy atom. The number of nitrogens with one attached hydrogen (secondary N) is 1. The maximum Gasteiger partial charge on any atom is 0.157 e. The fraction of sp³-hybridized carbons (Fsp3) is 0.105. The van der Waals surface area contributed by atoms with Gasteiger partial charge >= 0.3 is 0 Å². The summed E-state index contributed by atoms with van der Waals surface area (Å²) in [5, 5.41) is 7.91. The lowest BCUT2D eigenvalue weighted by atomic mass is 10.2. The summed E-state index contributed by atoms with van der Waals surface area (Å²) < 4.78 is 1.80. The van der Waals surface area contributed by atoms with E-state index < -0.39 is 0 Å². The molecule has 0 saturated carbocycles. The summed E-state index contributed by atoms with van der Waals surface area (Å²) in [6.07, 6.45) is 4.61. The van der Waals surface area contributed by atoms with Gasteiger partial charge in [-0.2, -0.15) is 5.10 Å². The zero-order valence-corrected chi connectivity index (χ0v) is 13.1. The molecule has 0 amide bonds. The van der Waals surface area contributed by atoms with Gasteiger partial charge in [0.25, 0.3) is 0 Å². The predicted octanol–water partition coefficient (Wildman–Crippen LogP) is 3.45. The van der Waals surface area contributed by atoms with Crippen LogP contribution in [0.3, 0.4) is 0 Å². The zero-order chi connectivity index (χ0) is 16.2. The van der Waals surface area contributed by atoms with E-state index in [1.165, 1.54) is 0 Å². The molecule has 3 aromatic heterocycles. The predicted molar refractivity (Wildman–Crippen MR) is 94.9 cm³/mol. The Morgan fingerprint density at radius 2 is 1.83 bits per heavy atom. The summed E-state index contributed by atoms with van der Waals surface area (Å²) in [6, 6.07) is 20.0. The Bertz CT molecular complexity index is 932. The molecule has 5 heteroatoms. The van der Waals surface area contributed by atoms with Gasteiger partial charge in [-0.05, 0) is 18.2 Å². The summed E-state index contributed by atoms with van der Waals surface area (Å²) in [5.41, 5.74) is 3.92. The highest BCUT2D eigenvalue weighted by Crippen LogP contribution is 2.19. The second-order valence-corrected chi connectivity index (χ2v) is 5.51. The zero-order valence-electron chi connectivity index (χ0n) is 13.1. The lowest BCUT2D eigenvalue weighted by molar-refractivity contribution is 0.926. The summed E-state index contributed by atoms with van der Waals surface area (Å²) in [5.74, 6) is 0.845. The van der Waals surface area contributed by atoms with Crippen molar-refractivity contribution in [3.63, 3.8) is 0 Å². The Morgan fingerprint density at radius 1 is 0.958 bits per heavy atom. The minimum atomic E-state index is 0.792. The third kappa shape index (κ3) is 3.10. The van der Waals surface area contributed by atoms with E-state index in [2.05, 4.69) is 20.4 Å². The molecule has 0 unspecified atom stereocenters. The molecule has 0 spiro atoms. The fourth-order valence-corrected chi connectivity index (χ4v) is 2.59. The van der Waals surface area contributed by atoms with Gasteiger partial charge in [-0.3, -0.25) is 4.98 Å². The van der Waals surface area contributed by atoms with Crippen LogP contribution < -0.4 is 5.32 Å². The molecular weight excluding hydrogens is 298 g/mol. The standard InChI is InChI=1S/C19H17N5/c1-2-6-15(7-3-1)17-14-19-22-18(10-13-24(19)23-17)21-12-9-16-8-4-5-11-20-16/h1-8,10-11,13-14H,9,12H2,(H,21,22). The minimum Gasteiger partial charge on any atom is -0.370 e. The number of pyridine rings is 1. The number of hydrogen-bond donors (Lipinski definition) is 1. The average Bonchev–Trinajstić information content (AvgIpc) is 3.07. The molecule has 1 N–H and O–H groups in total. The molecule has 0 radical (unpaired) electrons. The molecule has 0 saturated heterocycles. The summed E-state index contributed by atoms with van der Waals surface area (Å²) >= 11 is 0. The van der Waals surface area contributed by atoms with Crippen molar-refractivity contribution >= 4 is 11.5 Å². The highest BCUT2D eigenvalue weighted by Gasteiger charge is 2.05. The topological polar surface area (TPSA) is 55.1 Å². The maximum atomic E-state index is 4.62. The fourth-order valence-electron chi connectivity index (χ4n) is 2.59. The van der Waals surface area contributed by atoms with Crippen LogP contribution in [-0.2, 0) is 6.42 Å². The molecule has 5 nitrogen and oxygen atoms in total. The lowest BCUT2D eigenvalue weighted by Gasteiger charge is -2.05. The summed E-state index contributed by atoms with van der Waals surface area (Å²) in [6.45, 7) is 0.792. The maximum absolute atomic E-state index is 4.62. The van der Waals surface area contributed by atoms with E-state index in [9.17, 15) is 0 Å². The molecule has 3 heterocycles. The molecule has 0 atom stereocenters. The number of anilines is 1. The van der Waals surface area contributed by atoms with Crippen LogP contribution in [0.2, 0.25) is 0 Å². The Hall–Kier alpha value is -3.21. The van der Waals surface area contributed by atoms with Crippen molar-refractivity contribution in [1.29, 1.82) is 0 Å². The van der Waals surface area contributed by atoms with E-state index in [0.717, 1.165) is 41.4 Å². The van der Waals surface area contributed by atoms with Gasteiger partial charge in [0, 0.05) is 42.7 Å². The Balaban J connectivity index is 1.49. The highest BCUT2D eigenvalue weighted by molar-refractivity contribution is 5.64. The minimum absolute atomic E-state index is 0.792. The van der Waals surface area contributed by atoms with Crippen LogP contribution in [0.15, 0.2) is 73.1 Å². The van der Waals surface area contributed by atoms with Crippen molar-refractivity contribution in [2.24, 2.45) is 0 Å². The van der Waals surface area contributed by atoms with Crippen LogP contribution in [0.5, 0.6) is 0 Å². The number of hydrogen-bond acceptors (Lipinski definition) is 4. The molecule has 0 aliphatic carbocycles. The van der Waals surface area contributed by atoms with Gasteiger partial charge < -0.3 is 5.32 Å². The van der Waals surface area contributed by atoms with Gasteiger partial charge in [0.1, 0.15) is 5.82 Å². The number of nitrogens with zero attached hydrogens (tertiary/aromatic N) is 4. The van der Waals surface area contributed by atoms with E-state index in [4.69, 9.17) is 0 Å². The van der Waals surface area contributed by atoms with Gasteiger partial charge in [-0.15, -0.1) is 0 Å². The first-order valence-electron chi connectivity index (χ1n) is 7.94. The summed E-state index contributed by atoms with van der Waals surface area (Å²) in [4.78, 5) is 8.94. The van der Waals surface area contributed by atoms with E-state index in [-0.39, 0.29) is 0 Å². The van der Waals surface area contributed by atoms with Crippen molar-refractivity contribution in [3.05, 3.63) is 78.8 Å². The van der Waals surface area contributed by atoms with Crippen LogP contribution in [-0.4, -0.2) is 26.1 Å². The van der Waals surface area contributed by atoms with Gasteiger partial charge in [-0.1, -0.05) is 36.4 Å². The van der Waals surface area contributed by atoms with Crippen LogP contribution in [0.1, 0.15) is 5.69 Å². The van der Waals surface area contributed by atoms with Crippen molar-refractivity contribution in [2.45, 2.75) is 6.42 Å². The lowest BCUT2D eigenvalue weighted by Crippen LogP contribution is -2.07. The average molecular weight is 315 g/mol. The second-order valence-electron chi connectivity index (χ2n) is 5.51. The largest absolute Gasteiger partial charge is 0.370 e. The molecule has 4 rings (SSSR count). The van der Waals surface area contributed by atoms with E-state index in [1.807, 2.05) is 73.1 Å². The molecule has 0 aliphatic rings. The van der Waals surface area contributed by atoms with E-state index in [0.29, 0.717) is 0 Å². The van der Waals surface area contributed by atoms with Crippen LogP contribution >= 0.6 is 0 Å². The van der Waals surface area contributed by atoms with Crippen molar-refractivity contribution in [3.8, 4) is 11.3 Å².